The lowest BCUT2D eigenvalue weighted by Gasteiger charge is -2.31. The second kappa shape index (κ2) is 9.29. The fourth-order valence-electron chi connectivity index (χ4n) is 4.28. The number of nitrogens with one attached hydrogen (secondary N) is 1. The highest BCUT2D eigenvalue weighted by molar-refractivity contribution is 7.13. The number of likely N-dealkylation sites (tertiary alicyclic amines) is 2. The Bertz CT molecular complexity index is 580. The van der Waals surface area contributed by atoms with E-state index in [1.807, 2.05) is 13.8 Å². The van der Waals surface area contributed by atoms with Gasteiger partial charge >= 0.3 is 0 Å². The molecule has 3 rings (SSSR count). The third kappa shape index (κ3) is 5.05. The summed E-state index contributed by atoms with van der Waals surface area (Å²) < 4.78 is 0. The quantitative estimate of drug-likeness (QED) is 0.750. The number of hydrogen-bond donors (Lipinski definition) is 1. The van der Waals surface area contributed by atoms with Crippen LogP contribution in [0.2, 0.25) is 0 Å². The van der Waals surface area contributed by atoms with Gasteiger partial charge in [0.1, 0.15) is 5.78 Å². The molecule has 0 aromatic carbocycles. The lowest BCUT2D eigenvalue weighted by atomic mass is 9.87. The Morgan fingerprint density at radius 1 is 1.31 bits per heavy atom. The average Bonchev–Trinajstić information content (AvgIpc) is 3.28. The first kappa shape index (κ1) is 19.8. The molecule has 1 aromatic rings. The van der Waals surface area contributed by atoms with Gasteiger partial charge in [-0.1, -0.05) is 20.8 Å². The number of thiazole rings is 1. The van der Waals surface area contributed by atoms with E-state index in [4.69, 9.17) is 4.98 Å². The van der Waals surface area contributed by atoms with Crippen LogP contribution in [0.25, 0.3) is 0 Å². The standard InChI is InChI=1S/C20H34N4OS/c1-4-24-9-5-6-18(24)12-21-20-22-17(14-26-20)13-23-10-7-16(8-11-23)19(25)15(2)3/h14-16,18H,4-13H2,1-3H3,(H,21,22). The van der Waals surface area contributed by atoms with Gasteiger partial charge in [0.25, 0.3) is 0 Å². The van der Waals surface area contributed by atoms with Gasteiger partial charge in [-0.25, -0.2) is 4.98 Å². The first-order chi connectivity index (χ1) is 12.6. The molecule has 1 unspecified atom stereocenters. The van der Waals surface area contributed by atoms with Gasteiger partial charge < -0.3 is 5.32 Å². The van der Waals surface area contributed by atoms with Gasteiger partial charge in [-0.2, -0.15) is 0 Å². The van der Waals surface area contributed by atoms with E-state index in [9.17, 15) is 4.79 Å². The lowest BCUT2D eigenvalue weighted by Crippen LogP contribution is -2.37. The van der Waals surface area contributed by atoms with Gasteiger partial charge in [0.2, 0.25) is 0 Å². The first-order valence-electron chi connectivity index (χ1n) is 10.2. The minimum absolute atomic E-state index is 0.169. The maximum atomic E-state index is 12.2. The van der Waals surface area contributed by atoms with Crippen LogP contribution >= 0.6 is 11.3 Å². The van der Waals surface area contributed by atoms with Crippen molar-refractivity contribution in [2.24, 2.45) is 11.8 Å². The molecule has 146 valence electrons. The van der Waals surface area contributed by atoms with Crippen molar-refractivity contribution in [3.63, 3.8) is 0 Å². The number of anilines is 1. The number of hydrogen-bond acceptors (Lipinski definition) is 6. The zero-order valence-corrected chi connectivity index (χ0v) is 17.4. The van der Waals surface area contributed by atoms with Crippen molar-refractivity contribution in [2.45, 2.75) is 59.0 Å². The fourth-order valence-corrected chi connectivity index (χ4v) is 5.00. The summed E-state index contributed by atoms with van der Waals surface area (Å²) in [5.41, 5.74) is 1.16. The summed E-state index contributed by atoms with van der Waals surface area (Å²) >= 11 is 1.72. The Morgan fingerprint density at radius 2 is 2.08 bits per heavy atom. The number of carbonyl (C=O) groups is 1. The van der Waals surface area contributed by atoms with Crippen molar-refractivity contribution in [1.29, 1.82) is 0 Å². The highest BCUT2D eigenvalue weighted by atomic mass is 32.1. The van der Waals surface area contributed by atoms with Gasteiger partial charge in [0.15, 0.2) is 5.13 Å². The minimum Gasteiger partial charge on any atom is -0.360 e. The molecule has 0 aliphatic carbocycles. The zero-order chi connectivity index (χ0) is 18.5. The molecule has 2 saturated heterocycles. The highest BCUT2D eigenvalue weighted by Crippen LogP contribution is 2.24. The predicted octanol–water partition coefficient (Wildman–Crippen LogP) is 3.48. The average molecular weight is 379 g/mol. The summed E-state index contributed by atoms with van der Waals surface area (Å²) in [4.78, 5) is 21.9. The van der Waals surface area contributed by atoms with Crippen LogP contribution in [-0.4, -0.2) is 59.3 Å². The molecule has 1 N–H and O–H groups in total. The maximum Gasteiger partial charge on any atom is 0.182 e. The van der Waals surface area contributed by atoms with Gasteiger partial charge in [0.05, 0.1) is 5.69 Å². The normalized spacial score (nSPS) is 23.0. The molecule has 1 aromatic heterocycles. The molecule has 0 amide bonds. The lowest BCUT2D eigenvalue weighted by molar-refractivity contribution is -0.127. The second-order valence-electron chi connectivity index (χ2n) is 8.06. The van der Waals surface area contributed by atoms with Crippen molar-refractivity contribution in [2.75, 3.05) is 38.0 Å². The largest absolute Gasteiger partial charge is 0.360 e. The second-order valence-corrected chi connectivity index (χ2v) is 8.92. The van der Waals surface area contributed by atoms with Gasteiger partial charge in [0, 0.05) is 36.3 Å². The Balaban J connectivity index is 1.42. The summed E-state index contributed by atoms with van der Waals surface area (Å²) in [6.45, 7) is 12.6. The van der Waals surface area contributed by atoms with Crippen LogP contribution in [0, 0.1) is 11.8 Å². The summed E-state index contributed by atoms with van der Waals surface area (Å²) in [6.07, 6.45) is 4.61. The fraction of sp³-hybridized carbons (Fsp3) is 0.800. The molecule has 2 aliphatic heterocycles. The maximum absolute atomic E-state index is 12.2. The van der Waals surface area contributed by atoms with Crippen molar-refractivity contribution >= 4 is 22.3 Å². The van der Waals surface area contributed by atoms with E-state index >= 15 is 0 Å². The van der Waals surface area contributed by atoms with Crippen LogP contribution in [0.4, 0.5) is 5.13 Å². The molecule has 2 aliphatic rings. The zero-order valence-electron chi connectivity index (χ0n) is 16.5. The van der Waals surface area contributed by atoms with E-state index in [1.54, 1.807) is 11.3 Å². The number of nitrogens with zero attached hydrogens (tertiary/aromatic N) is 3. The molecule has 6 heteroatoms. The van der Waals surface area contributed by atoms with Crippen LogP contribution < -0.4 is 5.32 Å². The van der Waals surface area contributed by atoms with E-state index < -0.39 is 0 Å². The monoisotopic (exact) mass is 378 g/mol. The molecule has 0 radical (unpaired) electrons. The number of likely N-dealkylation sites (N-methyl/N-ethyl adjacent to an activating group) is 1. The van der Waals surface area contributed by atoms with Crippen molar-refractivity contribution in [3.8, 4) is 0 Å². The Labute approximate surface area is 162 Å². The Morgan fingerprint density at radius 3 is 2.77 bits per heavy atom. The third-order valence-corrected chi connectivity index (χ3v) is 6.74. The molecule has 1 atom stereocenters. The smallest absolute Gasteiger partial charge is 0.182 e. The van der Waals surface area contributed by atoms with Crippen LogP contribution in [0.3, 0.4) is 0 Å². The summed E-state index contributed by atoms with van der Waals surface area (Å²) in [5.74, 6) is 0.881. The van der Waals surface area contributed by atoms with Crippen LogP contribution in [-0.2, 0) is 11.3 Å². The van der Waals surface area contributed by atoms with Gasteiger partial charge in [-0.15, -0.1) is 11.3 Å². The van der Waals surface area contributed by atoms with E-state index in [0.717, 1.165) is 56.4 Å². The molecular weight excluding hydrogens is 344 g/mol. The molecule has 3 heterocycles. The highest BCUT2D eigenvalue weighted by Gasteiger charge is 2.27. The number of piperidine rings is 1. The van der Waals surface area contributed by atoms with Crippen molar-refractivity contribution in [3.05, 3.63) is 11.1 Å². The molecule has 0 spiro atoms. The van der Waals surface area contributed by atoms with E-state index in [2.05, 4.69) is 27.4 Å². The van der Waals surface area contributed by atoms with Crippen molar-refractivity contribution in [1.82, 2.24) is 14.8 Å². The predicted molar refractivity (Wildman–Crippen MR) is 109 cm³/mol. The van der Waals surface area contributed by atoms with E-state index in [1.165, 1.54) is 19.4 Å². The van der Waals surface area contributed by atoms with Crippen LogP contribution in [0.5, 0.6) is 0 Å². The molecule has 26 heavy (non-hydrogen) atoms. The van der Waals surface area contributed by atoms with Gasteiger partial charge in [-0.05, 0) is 51.9 Å². The topological polar surface area (TPSA) is 48.5 Å². The number of carbonyl (C=O) groups excluding carboxylic acids is 1. The molecule has 0 saturated carbocycles. The van der Waals surface area contributed by atoms with Crippen molar-refractivity contribution < 1.29 is 4.79 Å². The van der Waals surface area contributed by atoms with E-state index in [0.29, 0.717) is 11.8 Å². The summed E-state index contributed by atoms with van der Waals surface area (Å²) in [6, 6.07) is 0.657. The third-order valence-electron chi connectivity index (χ3n) is 5.89. The summed E-state index contributed by atoms with van der Waals surface area (Å²) in [7, 11) is 0. The first-order valence-corrected chi connectivity index (χ1v) is 11.1. The Kier molecular flexibility index (Phi) is 7.06. The van der Waals surface area contributed by atoms with Crippen LogP contribution in [0.15, 0.2) is 5.38 Å². The van der Waals surface area contributed by atoms with Crippen LogP contribution in [0.1, 0.15) is 52.1 Å². The van der Waals surface area contributed by atoms with Gasteiger partial charge in [-0.3, -0.25) is 14.6 Å². The van der Waals surface area contributed by atoms with E-state index in [-0.39, 0.29) is 11.8 Å². The molecule has 5 nitrogen and oxygen atoms in total. The summed E-state index contributed by atoms with van der Waals surface area (Å²) in [5, 5.41) is 6.77. The molecular formula is C20H34N4OS. The Hall–Kier alpha value is -0.980. The minimum atomic E-state index is 0.169. The number of aromatic nitrogens is 1. The SMILES string of the molecule is CCN1CCCC1CNc1nc(CN2CCC(C(=O)C(C)C)CC2)cs1. The number of Topliss-reactive ketones (excluding diaryl/α,β-unsaturated/α-hetero) is 1. The molecule has 2 fully saturated rings. The molecule has 0 bridgehead atoms. The number of ketones is 1. The number of rotatable bonds is 8.